The minimum absolute atomic E-state index is 0.191. The number of ether oxygens (including phenoxy) is 1. The lowest BCUT2D eigenvalue weighted by Gasteiger charge is -2.37. The largest absolute Gasteiger partial charge is 0.460 e. The average Bonchev–Trinajstić information content (AvgIpc) is 2.52. The summed E-state index contributed by atoms with van der Waals surface area (Å²) in [5.41, 5.74) is 0.353. The molecule has 96 valence electrons. The number of hydrogen-bond acceptors (Lipinski definition) is 3. The smallest absolute Gasteiger partial charge is 0.339 e. The second kappa shape index (κ2) is 3.58. The Morgan fingerprint density at radius 1 is 1.28 bits per heavy atom. The maximum atomic E-state index is 12.0. The van der Waals surface area contributed by atoms with Crippen LogP contribution < -0.4 is 0 Å². The standard InChI is InChI=1S/C15H18O3/c1-14(2)12-8-7-10-5-3-4-6-11(10)9-15(14,17)13(16)18-12/h3-6,12,17H,7-9H2,1-2H3/t12-,15+/m1/s1. The minimum atomic E-state index is -1.39. The number of aliphatic hydroxyl groups is 1. The molecular formula is C15H18O3. The normalized spacial score (nSPS) is 33.3. The van der Waals surface area contributed by atoms with Crippen molar-refractivity contribution in [3.05, 3.63) is 35.4 Å². The second-order valence-electron chi connectivity index (χ2n) is 5.96. The lowest BCUT2D eigenvalue weighted by Crippen LogP contribution is -2.51. The molecule has 0 saturated carbocycles. The van der Waals surface area contributed by atoms with Crippen LogP contribution in [0.2, 0.25) is 0 Å². The van der Waals surface area contributed by atoms with E-state index >= 15 is 0 Å². The molecule has 2 atom stereocenters. The molecule has 3 heteroatoms. The molecule has 1 fully saturated rings. The van der Waals surface area contributed by atoms with Crippen molar-refractivity contribution in [3.63, 3.8) is 0 Å². The van der Waals surface area contributed by atoms with Crippen LogP contribution >= 0.6 is 0 Å². The summed E-state index contributed by atoms with van der Waals surface area (Å²) in [5.74, 6) is -0.464. The highest BCUT2D eigenvalue weighted by atomic mass is 16.6. The summed E-state index contributed by atoms with van der Waals surface area (Å²) < 4.78 is 5.41. The van der Waals surface area contributed by atoms with E-state index in [1.54, 1.807) is 0 Å². The van der Waals surface area contributed by atoms with E-state index in [1.165, 1.54) is 5.56 Å². The van der Waals surface area contributed by atoms with Gasteiger partial charge in [0.15, 0.2) is 5.60 Å². The van der Waals surface area contributed by atoms with Crippen LogP contribution in [0.1, 0.15) is 31.4 Å². The Hall–Kier alpha value is -1.35. The van der Waals surface area contributed by atoms with E-state index in [1.807, 2.05) is 32.0 Å². The summed E-state index contributed by atoms with van der Waals surface area (Å²) in [5, 5.41) is 10.8. The number of hydrogen-bond donors (Lipinski definition) is 1. The third kappa shape index (κ3) is 1.37. The lowest BCUT2D eigenvalue weighted by molar-refractivity contribution is -0.156. The molecule has 1 aromatic rings. The quantitative estimate of drug-likeness (QED) is 0.711. The SMILES string of the molecule is CC1(C)[C@H]2CCc3ccccc3C[C@]1(O)C(=O)O2. The molecule has 18 heavy (non-hydrogen) atoms. The van der Waals surface area contributed by atoms with Gasteiger partial charge in [-0.2, -0.15) is 0 Å². The van der Waals surface area contributed by atoms with Crippen LogP contribution in [0.15, 0.2) is 24.3 Å². The first-order valence-corrected chi connectivity index (χ1v) is 6.45. The van der Waals surface area contributed by atoms with Crippen molar-refractivity contribution in [2.45, 2.75) is 44.8 Å². The fourth-order valence-corrected chi connectivity index (χ4v) is 3.16. The number of carbonyl (C=O) groups is 1. The van der Waals surface area contributed by atoms with Gasteiger partial charge in [0.05, 0.1) is 0 Å². The second-order valence-corrected chi connectivity index (χ2v) is 5.96. The molecule has 1 heterocycles. The zero-order valence-corrected chi connectivity index (χ0v) is 10.8. The minimum Gasteiger partial charge on any atom is -0.460 e. The lowest BCUT2D eigenvalue weighted by atomic mass is 9.67. The monoisotopic (exact) mass is 246 g/mol. The molecule has 2 bridgehead atoms. The van der Waals surface area contributed by atoms with Gasteiger partial charge in [0, 0.05) is 11.8 Å². The van der Waals surface area contributed by atoms with E-state index < -0.39 is 17.0 Å². The van der Waals surface area contributed by atoms with Gasteiger partial charge in [0.1, 0.15) is 6.10 Å². The summed E-state index contributed by atoms with van der Waals surface area (Å²) in [6.07, 6.45) is 1.83. The molecule has 1 aliphatic carbocycles. The molecule has 0 spiro atoms. The molecule has 1 aliphatic heterocycles. The molecule has 0 unspecified atom stereocenters. The van der Waals surface area contributed by atoms with Crippen LogP contribution in [-0.4, -0.2) is 22.8 Å². The number of rotatable bonds is 0. The number of aryl methyl sites for hydroxylation is 1. The van der Waals surface area contributed by atoms with Gasteiger partial charge < -0.3 is 9.84 Å². The van der Waals surface area contributed by atoms with Gasteiger partial charge in [-0.25, -0.2) is 4.79 Å². The van der Waals surface area contributed by atoms with Gasteiger partial charge in [-0.15, -0.1) is 0 Å². The number of esters is 1. The van der Waals surface area contributed by atoms with E-state index in [0.717, 1.165) is 18.4 Å². The van der Waals surface area contributed by atoms with Gasteiger partial charge in [-0.05, 0) is 24.0 Å². The molecule has 0 aromatic heterocycles. The van der Waals surface area contributed by atoms with E-state index in [0.29, 0.717) is 6.42 Å². The zero-order valence-electron chi connectivity index (χ0n) is 10.8. The third-order valence-corrected chi connectivity index (χ3v) is 4.70. The number of carbonyl (C=O) groups excluding carboxylic acids is 1. The van der Waals surface area contributed by atoms with Gasteiger partial charge >= 0.3 is 5.97 Å². The van der Waals surface area contributed by atoms with Crippen LogP contribution in [0.25, 0.3) is 0 Å². The van der Waals surface area contributed by atoms with Gasteiger partial charge in [-0.3, -0.25) is 0 Å². The zero-order chi connectivity index (χ0) is 13.0. The van der Waals surface area contributed by atoms with Crippen molar-refractivity contribution >= 4 is 5.97 Å². The Bertz CT molecular complexity index is 506. The Kier molecular flexibility index (Phi) is 2.33. The van der Waals surface area contributed by atoms with E-state index in [9.17, 15) is 9.90 Å². The first kappa shape index (κ1) is 11.7. The Labute approximate surface area is 107 Å². The van der Waals surface area contributed by atoms with Crippen LogP contribution in [0.4, 0.5) is 0 Å². The molecule has 0 amide bonds. The maximum absolute atomic E-state index is 12.0. The fourth-order valence-electron chi connectivity index (χ4n) is 3.16. The molecule has 1 saturated heterocycles. The number of benzene rings is 1. The van der Waals surface area contributed by atoms with E-state index in [4.69, 9.17) is 4.74 Å². The van der Waals surface area contributed by atoms with Crippen LogP contribution in [0.3, 0.4) is 0 Å². The third-order valence-electron chi connectivity index (χ3n) is 4.70. The van der Waals surface area contributed by atoms with E-state index in [-0.39, 0.29) is 6.10 Å². The molecule has 1 N–H and O–H groups in total. The fraction of sp³-hybridized carbons (Fsp3) is 0.533. The van der Waals surface area contributed by atoms with Crippen molar-refractivity contribution in [1.29, 1.82) is 0 Å². The van der Waals surface area contributed by atoms with Crippen molar-refractivity contribution < 1.29 is 14.6 Å². The van der Waals surface area contributed by atoms with Gasteiger partial charge in [0.2, 0.25) is 0 Å². The Balaban J connectivity index is 2.13. The summed E-state index contributed by atoms with van der Waals surface area (Å²) in [6, 6.07) is 8.02. The van der Waals surface area contributed by atoms with Crippen molar-refractivity contribution in [2.24, 2.45) is 5.41 Å². The highest BCUT2D eigenvalue weighted by molar-refractivity contribution is 5.83. The highest BCUT2D eigenvalue weighted by Crippen LogP contribution is 2.48. The molecule has 2 aliphatic rings. The highest BCUT2D eigenvalue weighted by Gasteiger charge is 2.62. The summed E-state index contributed by atoms with van der Waals surface area (Å²) in [4.78, 5) is 12.0. The predicted molar refractivity (Wildman–Crippen MR) is 67.1 cm³/mol. The Morgan fingerprint density at radius 2 is 1.94 bits per heavy atom. The summed E-state index contributed by atoms with van der Waals surface area (Å²) >= 11 is 0. The first-order valence-electron chi connectivity index (χ1n) is 6.45. The van der Waals surface area contributed by atoms with Crippen LogP contribution in [0, 0.1) is 5.41 Å². The molecule has 0 radical (unpaired) electrons. The predicted octanol–water partition coefficient (Wildman–Crippen LogP) is 1.86. The number of fused-ring (bicyclic) bond motifs is 3. The topological polar surface area (TPSA) is 46.5 Å². The maximum Gasteiger partial charge on any atom is 0.339 e. The van der Waals surface area contributed by atoms with Gasteiger partial charge in [-0.1, -0.05) is 38.1 Å². The van der Waals surface area contributed by atoms with Gasteiger partial charge in [0.25, 0.3) is 0 Å². The van der Waals surface area contributed by atoms with Crippen molar-refractivity contribution in [2.75, 3.05) is 0 Å². The molecule has 3 rings (SSSR count). The molecule has 1 aromatic carbocycles. The van der Waals surface area contributed by atoms with Crippen molar-refractivity contribution in [3.8, 4) is 0 Å². The molecular weight excluding hydrogens is 228 g/mol. The summed E-state index contributed by atoms with van der Waals surface area (Å²) in [6.45, 7) is 3.85. The first-order chi connectivity index (χ1) is 8.45. The molecule has 3 nitrogen and oxygen atoms in total. The van der Waals surface area contributed by atoms with Crippen molar-refractivity contribution in [1.82, 2.24) is 0 Å². The van der Waals surface area contributed by atoms with E-state index in [2.05, 4.69) is 6.07 Å². The summed E-state index contributed by atoms with van der Waals surface area (Å²) in [7, 11) is 0. The van der Waals surface area contributed by atoms with Crippen LogP contribution in [-0.2, 0) is 22.4 Å². The Morgan fingerprint density at radius 3 is 2.67 bits per heavy atom. The average molecular weight is 246 g/mol. The van der Waals surface area contributed by atoms with Crippen LogP contribution in [0.5, 0.6) is 0 Å².